The Balaban J connectivity index is 1.30. The summed E-state index contributed by atoms with van der Waals surface area (Å²) in [6, 6.07) is 20.6. The lowest BCUT2D eigenvalue weighted by Crippen LogP contribution is -2.39. The van der Waals surface area contributed by atoms with Crippen LogP contribution in [-0.2, 0) is 9.59 Å². The Kier molecular flexibility index (Phi) is 7.32. The van der Waals surface area contributed by atoms with Crippen molar-refractivity contribution in [3.8, 4) is 17.2 Å². The first-order chi connectivity index (χ1) is 16.5. The van der Waals surface area contributed by atoms with E-state index in [1.54, 1.807) is 23.1 Å². The number of anilines is 2. The third kappa shape index (κ3) is 6.07. The van der Waals surface area contributed by atoms with E-state index in [0.717, 1.165) is 11.3 Å². The average molecular weight is 461 g/mol. The number of carbonyl (C=O) groups excluding carboxylic acids is 2. The number of benzene rings is 3. The molecule has 0 spiro atoms. The standard InChI is InChI=1S/C27H28N2O5/c1-19-4-9-22(10-5-19)32-15-3-14-29-24-13-8-21(16-25(24)34-18-27(29)31)28-26(30)17-33-23-11-6-20(2)7-12-23/h4-13,16H,3,14-15,17-18H2,1-2H3,(H,28,30). The molecule has 3 aromatic rings. The molecule has 2 amide bonds. The van der Waals surface area contributed by atoms with Crippen molar-refractivity contribution in [2.24, 2.45) is 0 Å². The molecule has 7 nitrogen and oxygen atoms in total. The van der Waals surface area contributed by atoms with Gasteiger partial charge in [0.25, 0.3) is 11.8 Å². The van der Waals surface area contributed by atoms with Crippen LogP contribution in [0.5, 0.6) is 17.2 Å². The maximum absolute atomic E-state index is 12.4. The Bertz CT molecular complexity index is 1140. The number of aryl methyl sites for hydroxylation is 2. The number of ether oxygens (including phenoxy) is 3. The largest absolute Gasteiger partial charge is 0.494 e. The second kappa shape index (κ2) is 10.7. The number of nitrogens with one attached hydrogen (secondary N) is 1. The van der Waals surface area contributed by atoms with Crippen LogP contribution in [0.15, 0.2) is 66.7 Å². The summed E-state index contributed by atoms with van der Waals surface area (Å²) in [5.41, 5.74) is 3.56. The SMILES string of the molecule is Cc1ccc(OCCCN2C(=O)COc3cc(NC(=O)COc4ccc(C)cc4)ccc32)cc1. The zero-order chi connectivity index (χ0) is 23.9. The van der Waals surface area contributed by atoms with Gasteiger partial charge in [-0.25, -0.2) is 0 Å². The highest BCUT2D eigenvalue weighted by molar-refractivity contribution is 5.99. The third-order valence-corrected chi connectivity index (χ3v) is 5.39. The fourth-order valence-corrected chi connectivity index (χ4v) is 3.56. The van der Waals surface area contributed by atoms with Crippen LogP contribution in [0.4, 0.5) is 11.4 Å². The molecule has 0 aliphatic carbocycles. The maximum atomic E-state index is 12.4. The molecule has 0 unspecified atom stereocenters. The van der Waals surface area contributed by atoms with Crippen molar-refractivity contribution in [3.05, 3.63) is 77.9 Å². The fraction of sp³-hybridized carbons (Fsp3) is 0.259. The van der Waals surface area contributed by atoms with E-state index in [2.05, 4.69) is 5.32 Å². The molecule has 1 heterocycles. The smallest absolute Gasteiger partial charge is 0.265 e. The lowest BCUT2D eigenvalue weighted by atomic mass is 10.2. The number of hydrogen-bond acceptors (Lipinski definition) is 5. The Morgan fingerprint density at radius 2 is 1.59 bits per heavy atom. The highest BCUT2D eigenvalue weighted by Gasteiger charge is 2.25. The monoisotopic (exact) mass is 460 g/mol. The first-order valence-corrected chi connectivity index (χ1v) is 11.2. The minimum absolute atomic E-state index is 0.0419. The van der Waals surface area contributed by atoms with Gasteiger partial charge in [0.1, 0.15) is 17.2 Å². The molecular weight excluding hydrogens is 432 g/mol. The lowest BCUT2D eigenvalue weighted by molar-refractivity contribution is -0.121. The normalized spacial score (nSPS) is 12.5. The summed E-state index contributed by atoms with van der Waals surface area (Å²) in [4.78, 5) is 26.4. The van der Waals surface area contributed by atoms with E-state index in [0.29, 0.717) is 42.4 Å². The summed E-state index contributed by atoms with van der Waals surface area (Å²) in [6.45, 7) is 4.88. The zero-order valence-corrected chi connectivity index (χ0v) is 19.4. The van der Waals surface area contributed by atoms with Gasteiger partial charge in [-0.15, -0.1) is 0 Å². The molecule has 3 aromatic carbocycles. The van der Waals surface area contributed by atoms with Gasteiger partial charge in [-0.1, -0.05) is 35.4 Å². The molecule has 0 radical (unpaired) electrons. The van der Waals surface area contributed by atoms with E-state index in [-0.39, 0.29) is 25.0 Å². The summed E-state index contributed by atoms with van der Waals surface area (Å²) < 4.78 is 16.9. The molecule has 0 aromatic heterocycles. The minimum atomic E-state index is -0.280. The number of rotatable bonds is 9. The van der Waals surface area contributed by atoms with Gasteiger partial charge in [-0.05, 0) is 56.7 Å². The number of nitrogens with zero attached hydrogens (tertiary/aromatic N) is 1. The van der Waals surface area contributed by atoms with Crippen LogP contribution < -0.4 is 24.4 Å². The van der Waals surface area contributed by atoms with E-state index in [1.807, 2.05) is 62.4 Å². The fourth-order valence-electron chi connectivity index (χ4n) is 3.56. The molecule has 4 rings (SSSR count). The highest BCUT2D eigenvalue weighted by atomic mass is 16.5. The van der Waals surface area contributed by atoms with Crippen molar-refractivity contribution in [2.75, 3.05) is 36.6 Å². The molecule has 1 aliphatic heterocycles. The summed E-state index contributed by atoms with van der Waals surface area (Å²) in [5, 5.41) is 2.81. The average Bonchev–Trinajstić information content (AvgIpc) is 2.84. The van der Waals surface area contributed by atoms with Gasteiger partial charge in [0, 0.05) is 18.3 Å². The van der Waals surface area contributed by atoms with Crippen molar-refractivity contribution in [1.29, 1.82) is 0 Å². The minimum Gasteiger partial charge on any atom is -0.494 e. The second-order valence-electron chi connectivity index (χ2n) is 8.18. The van der Waals surface area contributed by atoms with Crippen LogP contribution in [0.25, 0.3) is 0 Å². The number of amides is 2. The van der Waals surface area contributed by atoms with Crippen molar-refractivity contribution in [1.82, 2.24) is 0 Å². The summed E-state index contributed by atoms with van der Waals surface area (Å²) in [7, 11) is 0. The van der Waals surface area contributed by atoms with Crippen molar-refractivity contribution in [3.63, 3.8) is 0 Å². The Hall–Kier alpha value is -4.00. The molecule has 0 saturated heterocycles. The van der Waals surface area contributed by atoms with Gasteiger partial charge in [0.15, 0.2) is 13.2 Å². The lowest BCUT2D eigenvalue weighted by Gasteiger charge is -2.29. The molecular formula is C27H28N2O5. The van der Waals surface area contributed by atoms with Gasteiger partial charge in [-0.2, -0.15) is 0 Å². The zero-order valence-electron chi connectivity index (χ0n) is 19.4. The molecule has 176 valence electrons. The van der Waals surface area contributed by atoms with Crippen molar-refractivity contribution < 1.29 is 23.8 Å². The van der Waals surface area contributed by atoms with E-state index in [9.17, 15) is 9.59 Å². The van der Waals surface area contributed by atoms with Gasteiger partial charge in [0.2, 0.25) is 0 Å². The highest BCUT2D eigenvalue weighted by Crippen LogP contribution is 2.34. The quantitative estimate of drug-likeness (QED) is 0.475. The predicted octanol–water partition coefficient (Wildman–Crippen LogP) is 4.52. The van der Waals surface area contributed by atoms with E-state index < -0.39 is 0 Å². The first-order valence-electron chi connectivity index (χ1n) is 11.2. The Morgan fingerprint density at radius 3 is 2.26 bits per heavy atom. The van der Waals surface area contributed by atoms with Crippen LogP contribution in [0.1, 0.15) is 17.5 Å². The number of carbonyl (C=O) groups is 2. The van der Waals surface area contributed by atoms with Gasteiger partial charge < -0.3 is 24.4 Å². The van der Waals surface area contributed by atoms with E-state index in [4.69, 9.17) is 14.2 Å². The van der Waals surface area contributed by atoms with Gasteiger partial charge >= 0.3 is 0 Å². The second-order valence-corrected chi connectivity index (χ2v) is 8.18. The molecule has 0 bridgehead atoms. The Labute approximate surface area is 199 Å². The van der Waals surface area contributed by atoms with Gasteiger partial charge in [0.05, 0.1) is 12.3 Å². The van der Waals surface area contributed by atoms with Crippen LogP contribution in [0.2, 0.25) is 0 Å². The van der Waals surface area contributed by atoms with Crippen LogP contribution in [0.3, 0.4) is 0 Å². The Morgan fingerprint density at radius 1 is 0.941 bits per heavy atom. The predicted molar refractivity (Wildman–Crippen MR) is 131 cm³/mol. The molecule has 1 N–H and O–H groups in total. The summed E-state index contributed by atoms with van der Waals surface area (Å²) in [5.74, 6) is 1.61. The molecule has 34 heavy (non-hydrogen) atoms. The van der Waals surface area contributed by atoms with E-state index >= 15 is 0 Å². The molecule has 0 saturated carbocycles. The summed E-state index contributed by atoms with van der Waals surface area (Å²) >= 11 is 0. The van der Waals surface area contributed by atoms with E-state index in [1.165, 1.54) is 5.56 Å². The maximum Gasteiger partial charge on any atom is 0.265 e. The molecule has 1 aliphatic rings. The molecule has 0 atom stereocenters. The van der Waals surface area contributed by atoms with Crippen LogP contribution in [0, 0.1) is 13.8 Å². The van der Waals surface area contributed by atoms with Crippen molar-refractivity contribution in [2.45, 2.75) is 20.3 Å². The topological polar surface area (TPSA) is 77.1 Å². The summed E-state index contributed by atoms with van der Waals surface area (Å²) in [6.07, 6.45) is 0.674. The van der Waals surface area contributed by atoms with Gasteiger partial charge in [-0.3, -0.25) is 9.59 Å². The van der Waals surface area contributed by atoms with Crippen LogP contribution >= 0.6 is 0 Å². The third-order valence-electron chi connectivity index (χ3n) is 5.39. The number of fused-ring (bicyclic) bond motifs is 1. The molecule has 7 heteroatoms. The van der Waals surface area contributed by atoms with Crippen molar-refractivity contribution >= 4 is 23.2 Å². The number of hydrogen-bond donors (Lipinski definition) is 1. The molecule has 0 fully saturated rings. The van der Waals surface area contributed by atoms with Crippen LogP contribution in [-0.4, -0.2) is 38.2 Å². The first kappa shape index (κ1) is 23.2.